The van der Waals surface area contributed by atoms with Crippen molar-refractivity contribution in [3.8, 4) is 28.5 Å². The second-order valence-electron chi connectivity index (χ2n) is 12.7. The van der Waals surface area contributed by atoms with Crippen LogP contribution in [-0.2, 0) is 9.05 Å². The first-order chi connectivity index (χ1) is 23.1. The van der Waals surface area contributed by atoms with Crippen molar-refractivity contribution in [1.29, 1.82) is 5.26 Å². The molecule has 0 N–H and O–H groups in total. The number of unbranched alkanes of at least 4 members (excludes halogenated alkanes) is 1. The summed E-state index contributed by atoms with van der Waals surface area (Å²) in [7, 11) is 0.595. The number of rotatable bonds is 16. The summed E-state index contributed by atoms with van der Waals surface area (Å²) < 4.78 is 23.3. The minimum atomic E-state index is -1.27. The van der Waals surface area contributed by atoms with E-state index in [1.807, 2.05) is 31.3 Å². The van der Waals surface area contributed by atoms with E-state index in [4.69, 9.17) is 18.7 Å². The molecule has 1 heterocycles. The average molecular weight is 672 g/mol. The lowest BCUT2D eigenvalue weighted by atomic mass is 9.90. The highest BCUT2D eigenvalue weighted by molar-refractivity contribution is 7.44. The van der Waals surface area contributed by atoms with E-state index in [1.165, 1.54) is 0 Å². The van der Waals surface area contributed by atoms with Gasteiger partial charge < -0.3 is 18.4 Å². The van der Waals surface area contributed by atoms with Gasteiger partial charge in [-0.25, -0.2) is 9.25 Å². The van der Waals surface area contributed by atoms with Crippen LogP contribution in [0.25, 0.3) is 33.4 Å². The maximum Gasteiger partial charge on any atom is 0.259 e. The maximum absolute atomic E-state index is 14.1. The number of nitrogens with zero attached hydrogens (tertiary/aromatic N) is 4. The van der Waals surface area contributed by atoms with Gasteiger partial charge in [0.05, 0.1) is 31.8 Å². The molecule has 0 radical (unpaired) electrons. The fourth-order valence-corrected chi connectivity index (χ4v) is 7.79. The molecular weight excluding hydrogens is 619 g/mol. The number of aryl methyl sites for hydroxylation is 1. The third-order valence-corrected chi connectivity index (χ3v) is 10.6. The molecule has 8 nitrogen and oxygen atoms in total. The molecule has 256 valence electrons. The van der Waals surface area contributed by atoms with Crippen LogP contribution in [0.3, 0.4) is 0 Å². The first-order valence-electron chi connectivity index (χ1n) is 17.2. The third-order valence-electron chi connectivity index (χ3n) is 8.51. The number of fused-ring (bicyclic) bond motifs is 2. The molecule has 1 unspecified atom stereocenters. The zero-order chi connectivity index (χ0) is 34.8. The second kappa shape index (κ2) is 17.7. The maximum atomic E-state index is 14.1. The van der Waals surface area contributed by atoms with Crippen LogP contribution >= 0.6 is 8.53 Å². The molecule has 0 saturated heterocycles. The van der Waals surface area contributed by atoms with Crippen LogP contribution in [0.15, 0.2) is 65.1 Å². The van der Waals surface area contributed by atoms with Crippen molar-refractivity contribution in [1.82, 2.24) is 14.1 Å². The highest BCUT2D eigenvalue weighted by atomic mass is 31.2. The Morgan fingerprint density at radius 1 is 0.938 bits per heavy atom. The summed E-state index contributed by atoms with van der Waals surface area (Å²) in [4.78, 5) is 15.9. The monoisotopic (exact) mass is 671 g/mol. The first-order valence-corrected chi connectivity index (χ1v) is 18.3. The minimum Gasteiger partial charge on any atom is -0.456 e. The number of amides is 1. The number of hydrogen-bond acceptors (Lipinski definition) is 6. The molecule has 0 spiro atoms. The Labute approximate surface area is 287 Å². The summed E-state index contributed by atoms with van der Waals surface area (Å²) in [6.45, 7) is 18.2. The van der Waals surface area contributed by atoms with Crippen molar-refractivity contribution in [2.75, 3.05) is 39.9 Å². The van der Waals surface area contributed by atoms with Crippen molar-refractivity contribution in [3.63, 3.8) is 0 Å². The Morgan fingerprint density at radius 3 is 2.33 bits per heavy atom. The molecule has 1 atom stereocenters. The molecule has 2 aromatic rings. The highest BCUT2D eigenvalue weighted by Crippen LogP contribution is 2.46. The third kappa shape index (κ3) is 8.89. The fourth-order valence-electron chi connectivity index (χ4n) is 6.16. The van der Waals surface area contributed by atoms with Crippen molar-refractivity contribution in [2.24, 2.45) is 0 Å². The SMILES string of the molecule is CC[N+](CC)=c1ccc2c(-c3ccccc3C(=O)N(C)CCCCOP(OCCC#N)N(C(C)C)C(C)C)c3ccc(C)cc3oc-2c1. The van der Waals surface area contributed by atoms with E-state index in [0.29, 0.717) is 31.7 Å². The lowest BCUT2D eigenvalue weighted by molar-refractivity contribution is 0.0790. The topological polar surface area (TPSA) is 81.9 Å². The molecule has 0 bridgehead atoms. The summed E-state index contributed by atoms with van der Waals surface area (Å²) in [6.07, 6.45) is 1.91. The van der Waals surface area contributed by atoms with Crippen molar-refractivity contribution in [2.45, 2.75) is 79.8 Å². The summed E-state index contributed by atoms with van der Waals surface area (Å²) >= 11 is 0. The predicted octanol–water partition coefficient (Wildman–Crippen LogP) is 8.47. The van der Waals surface area contributed by atoms with Crippen molar-refractivity contribution >= 4 is 25.4 Å². The number of hydrogen-bond donors (Lipinski definition) is 0. The Kier molecular flexibility index (Phi) is 13.7. The Hall–Kier alpha value is -3.60. The zero-order valence-electron chi connectivity index (χ0n) is 30.0. The standard InChI is InChI=1S/C39H52N4O4P/c1-9-42(10-2)31-19-21-35-37(27-31)47-36-26-30(7)18-20-34(36)38(35)32-16-11-12-17-33(32)39(44)41(8)23-13-14-24-45-48(46-25-15-22-40)43(28(3)4)29(5)6/h11-12,16-21,26-29H,9-10,13-15,23-25H2,1-8H3/q+1. The van der Waals surface area contributed by atoms with Crippen molar-refractivity contribution < 1.29 is 18.3 Å². The van der Waals surface area contributed by atoms with Crippen LogP contribution in [-0.4, -0.2) is 67.5 Å². The molecule has 9 heteroatoms. The van der Waals surface area contributed by atoms with Crippen LogP contribution in [0.2, 0.25) is 0 Å². The quantitative estimate of drug-likeness (QED) is 0.0515. The summed E-state index contributed by atoms with van der Waals surface area (Å²) in [5.74, 6) is 0.779. The average Bonchev–Trinajstić information content (AvgIpc) is 3.06. The molecular formula is C39H52N4O4P+. The fraction of sp³-hybridized carbons (Fsp3) is 0.462. The molecule has 0 fully saturated rings. The van der Waals surface area contributed by atoms with E-state index in [2.05, 4.69) is 100 Å². The van der Waals surface area contributed by atoms with Crippen LogP contribution in [0.5, 0.6) is 0 Å². The van der Waals surface area contributed by atoms with E-state index in [0.717, 1.165) is 70.3 Å². The van der Waals surface area contributed by atoms with Gasteiger partial charge in [0.15, 0.2) is 0 Å². The molecule has 4 rings (SSSR count). The Morgan fingerprint density at radius 2 is 1.65 bits per heavy atom. The number of benzene rings is 3. The zero-order valence-corrected chi connectivity index (χ0v) is 30.8. The molecule has 1 aliphatic heterocycles. The van der Waals surface area contributed by atoms with Gasteiger partial charge in [0.1, 0.15) is 24.4 Å². The Bertz CT molecular complexity index is 1750. The van der Waals surface area contributed by atoms with Gasteiger partial charge >= 0.3 is 0 Å². The van der Waals surface area contributed by atoms with Gasteiger partial charge in [-0.05, 0) is 90.6 Å². The van der Waals surface area contributed by atoms with Gasteiger partial charge in [0, 0.05) is 53.8 Å². The minimum absolute atomic E-state index is 0.0200. The summed E-state index contributed by atoms with van der Waals surface area (Å²) in [6, 6.07) is 23.2. The number of nitriles is 1. The normalized spacial score (nSPS) is 12.3. The van der Waals surface area contributed by atoms with Crippen LogP contribution in [0, 0.1) is 18.3 Å². The second-order valence-corrected chi connectivity index (χ2v) is 14.1. The van der Waals surface area contributed by atoms with Gasteiger partial charge in [0.2, 0.25) is 5.36 Å². The molecule has 2 aromatic carbocycles. The van der Waals surface area contributed by atoms with Gasteiger partial charge in [-0.2, -0.15) is 5.26 Å². The van der Waals surface area contributed by atoms with Gasteiger partial charge in [-0.3, -0.25) is 4.79 Å². The summed E-state index contributed by atoms with van der Waals surface area (Å²) in [5, 5.41) is 11.1. The molecule has 0 saturated carbocycles. The molecule has 1 amide bonds. The number of carbonyl (C=O) groups excluding carboxylic acids is 1. The first kappa shape index (κ1) is 37.2. The van der Waals surface area contributed by atoms with Crippen LogP contribution in [0.4, 0.5) is 0 Å². The van der Waals surface area contributed by atoms with E-state index in [1.54, 1.807) is 4.90 Å². The lowest BCUT2D eigenvalue weighted by Crippen LogP contribution is -2.33. The smallest absolute Gasteiger partial charge is 0.259 e. The van der Waals surface area contributed by atoms with E-state index < -0.39 is 8.53 Å². The van der Waals surface area contributed by atoms with Gasteiger partial charge in [0.25, 0.3) is 14.4 Å². The van der Waals surface area contributed by atoms with Crippen LogP contribution < -0.4 is 9.93 Å². The molecule has 0 aromatic heterocycles. The largest absolute Gasteiger partial charge is 0.456 e. The highest BCUT2D eigenvalue weighted by Gasteiger charge is 2.27. The van der Waals surface area contributed by atoms with Crippen LogP contribution in [0.1, 0.15) is 76.7 Å². The van der Waals surface area contributed by atoms with E-state index >= 15 is 0 Å². The number of carbonyl (C=O) groups is 1. The predicted molar refractivity (Wildman–Crippen MR) is 197 cm³/mol. The van der Waals surface area contributed by atoms with E-state index in [9.17, 15) is 4.79 Å². The molecule has 48 heavy (non-hydrogen) atoms. The molecule has 2 aliphatic rings. The molecule has 1 aliphatic carbocycles. The lowest BCUT2D eigenvalue weighted by Gasteiger charge is -2.35. The van der Waals surface area contributed by atoms with E-state index in [-0.39, 0.29) is 18.0 Å². The summed E-state index contributed by atoms with van der Waals surface area (Å²) in [5.41, 5.74) is 5.46. The Balaban J connectivity index is 1.57. The van der Waals surface area contributed by atoms with Gasteiger partial charge in [-0.1, -0.05) is 30.3 Å². The van der Waals surface area contributed by atoms with Crippen molar-refractivity contribution in [3.05, 3.63) is 77.1 Å². The van der Waals surface area contributed by atoms with Gasteiger partial charge in [-0.15, -0.1) is 0 Å².